The van der Waals surface area contributed by atoms with E-state index in [-0.39, 0.29) is 11.9 Å². The van der Waals surface area contributed by atoms with E-state index >= 15 is 0 Å². The molecule has 1 aliphatic heterocycles. The van der Waals surface area contributed by atoms with Crippen LogP contribution in [0.15, 0.2) is 36.4 Å². The van der Waals surface area contributed by atoms with Crippen LogP contribution in [0.5, 0.6) is 11.5 Å². The molecule has 164 valence electrons. The molecule has 0 aliphatic carbocycles. The molecule has 0 bridgehead atoms. The molecule has 1 N–H and O–H groups in total. The van der Waals surface area contributed by atoms with Crippen LogP contribution >= 0.6 is 11.6 Å². The van der Waals surface area contributed by atoms with Crippen molar-refractivity contribution in [1.29, 1.82) is 5.26 Å². The van der Waals surface area contributed by atoms with E-state index in [9.17, 15) is 4.79 Å². The van der Waals surface area contributed by atoms with Gasteiger partial charge in [0.05, 0.1) is 30.8 Å². The van der Waals surface area contributed by atoms with Gasteiger partial charge in [-0.05, 0) is 43.3 Å². The molecule has 1 heterocycles. The van der Waals surface area contributed by atoms with Crippen molar-refractivity contribution in [2.45, 2.75) is 19.5 Å². The number of ether oxygens (including phenoxy) is 2. The van der Waals surface area contributed by atoms with Gasteiger partial charge in [-0.15, -0.1) is 0 Å². The molecule has 2 aromatic carbocycles. The van der Waals surface area contributed by atoms with Crippen molar-refractivity contribution in [3.05, 3.63) is 52.5 Å². The maximum atomic E-state index is 12.7. The lowest BCUT2D eigenvalue weighted by atomic mass is 10.1. The molecule has 0 spiro atoms. The molecular weight excluding hydrogens is 416 g/mol. The van der Waals surface area contributed by atoms with Gasteiger partial charge < -0.3 is 14.8 Å². The Morgan fingerprint density at radius 3 is 2.52 bits per heavy atom. The number of nitriles is 1. The number of rotatable bonds is 7. The first-order valence-corrected chi connectivity index (χ1v) is 10.5. The number of anilines is 1. The normalized spacial score (nSPS) is 15.7. The zero-order chi connectivity index (χ0) is 22.4. The fraction of sp³-hybridized carbons (Fsp3) is 0.391. The minimum atomic E-state index is -0.275. The van der Waals surface area contributed by atoms with Crippen molar-refractivity contribution >= 4 is 23.2 Å². The summed E-state index contributed by atoms with van der Waals surface area (Å²) in [6.45, 7) is 5.94. The molecule has 7 nitrogen and oxygen atoms in total. The van der Waals surface area contributed by atoms with Gasteiger partial charge in [0.25, 0.3) is 0 Å². The number of methoxy groups -OCH3 is 2. The second kappa shape index (κ2) is 10.5. The number of halogens is 1. The average Bonchev–Trinajstić information content (AvgIpc) is 2.79. The van der Waals surface area contributed by atoms with Crippen LogP contribution in [0.3, 0.4) is 0 Å². The SMILES string of the molecule is COc1ccc(OC)c(CN2CCN(C(C)C(=O)Nc3ccc(C#N)c(Cl)c3)CC2)c1. The highest BCUT2D eigenvalue weighted by Gasteiger charge is 2.26. The van der Waals surface area contributed by atoms with Crippen molar-refractivity contribution in [3.8, 4) is 17.6 Å². The van der Waals surface area contributed by atoms with E-state index in [4.69, 9.17) is 26.3 Å². The molecule has 1 amide bonds. The number of carbonyl (C=O) groups is 1. The van der Waals surface area contributed by atoms with Gasteiger partial charge >= 0.3 is 0 Å². The number of hydrogen-bond acceptors (Lipinski definition) is 6. The molecule has 1 unspecified atom stereocenters. The first-order chi connectivity index (χ1) is 14.9. The Morgan fingerprint density at radius 2 is 1.90 bits per heavy atom. The summed E-state index contributed by atoms with van der Waals surface area (Å²) in [4.78, 5) is 17.2. The lowest BCUT2D eigenvalue weighted by molar-refractivity contribution is -0.121. The van der Waals surface area contributed by atoms with Crippen molar-refractivity contribution < 1.29 is 14.3 Å². The highest BCUT2D eigenvalue weighted by molar-refractivity contribution is 6.32. The maximum absolute atomic E-state index is 12.7. The van der Waals surface area contributed by atoms with Crippen LogP contribution in [0.1, 0.15) is 18.1 Å². The summed E-state index contributed by atoms with van der Waals surface area (Å²) in [5, 5.41) is 12.2. The Morgan fingerprint density at radius 1 is 1.16 bits per heavy atom. The quantitative estimate of drug-likeness (QED) is 0.708. The Kier molecular flexibility index (Phi) is 7.75. The number of benzene rings is 2. The van der Waals surface area contributed by atoms with Crippen molar-refractivity contribution in [2.24, 2.45) is 0 Å². The van der Waals surface area contributed by atoms with Gasteiger partial charge in [-0.2, -0.15) is 5.26 Å². The summed E-state index contributed by atoms with van der Waals surface area (Å²) >= 11 is 6.06. The molecule has 31 heavy (non-hydrogen) atoms. The first kappa shape index (κ1) is 22.9. The minimum absolute atomic E-state index is 0.0938. The lowest BCUT2D eigenvalue weighted by Gasteiger charge is -2.37. The average molecular weight is 443 g/mol. The summed E-state index contributed by atoms with van der Waals surface area (Å²) < 4.78 is 10.8. The molecule has 0 aromatic heterocycles. The van der Waals surface area contributed by atoms with Crippen molar-refractivity contribution in [1.82, 2.24) is 9.80 Å². The lowest BCUT2D eigenvalue weighted by Crippen LogP contribution is -2.52. The molecule has 1 fully saturated rings. The van der Waals surface area contributed by atoms with Crippen LogP contribution in [0, 0.1) is 11.3 Å². The number of nitrogens with zero attached hydrogens (tertiary/aromatic N) is 3. The fourth-order valence-corrected chi connectivity index (χ4v) is 3.87. The predicted octanol–water partition coefficient (Wildman–Crippen LogP) is 3.37. The monoisotopic (exact) mass is 442 g/mol. The molecule has 1 saturated heterocycles. The van der Waals surface area contributed by atoms with Gasteiger partial charge in [0.2, 0.25) is 5.91 Å². The fourth-order valence-electron chi connectivity index (χ4n) is 3.65. The number of piperazine rings is 1. The summed E-state index contributed by atoms with van der Waals surface area (Å²) in [5.41, 5.74) is 2.06. The highest BCUT2D eigenvalue weighted by atomic mass is 35.5. The smallest absolute Gasteiger partial charge is 0.241 e. The van der Waals surface area contributed by atoms with E-state index in [0.29, 0.717) is 16.3 Å². The number of hydrogen-bond donors (Lipinski definition) is 1. The van der Waals surface area contributed by atoms with Gasteiger partial charge in [-0.3, -0.25) is 14.6 Å². The van der Waals surface area contributed by atoms with E-state index < -0.39 is 0 Å². The van der Waals surface area contributed by atoms with E-state index in [1.807, 2.05) is 31.2 Å². The summed E-state index contributed by atoms with van der Waals surface area (Å²) in [6.07, 6.45) is 0. The molecule has 0 saturated carbocycles. The first-order valence-electron chi connectivity index (χ1n) is 10.1. The van der Waals surface area contributed by atoms with Gasteiger partial charge in [-0.1, -0.05) is 11.6 Å². The zero-order valence-corrected chi connectivity index (χ0v) is 18.8. The van der Waals surface area contributed by atoms with E-state index in [2.05, 4.69) is 15.1 Å². The second-order valence-corrected chi connectivity index (χ2v) is 7.87. The van der Waals surface area contributed by atoms with Gasteiger partial charge in [0.1, 0.15) is 17.6 Å². The third-order valence-corrected chi connectivity index (χ3v) is 5.89. The van der Waals surface area contributed by atoms with E-state index in [1.165, 1.54) is 0 Å². The zero-order valence-electron chi connectivity index (χ0n) is 18.0. The Bertz CT molecular complexity index is 968. The van der Waals surface area contributed by atoms with Crippen LogP contribution in [0.2, 0.25) is 5.02 Å². The second-order valence-electron chi connectivity index (χ2n) is 7.46. The summed E-state index contributed by atoms with van der Waals surface area (Å²) in [5.74, 6) is 1.56. The van der Waals surface area contributed by atoms with Crippen LogP contribution < -0.4 is 14.8 Å². The Balaban J connectivity index is 1.55. The Labute approximate surface area is 188 Å². The van der Waals surface area contributed by atoms with Crippen LogP contribution in [-0.2, 0) is 11.3 Å². The summed E-state index contributed by atoms with van der Waals surface area (Å²) in [6, 6.07) is 12.5. The maximum Gasteiger partial charge on any atom is 0.241 e. The number of carbonyl (C=O) groups excluding carboxylic acids is 1. The number of amides is 1. The third-order valence-electron chi connectivity index (χ3n) is 5.57. The minimum Gasteiger partial charge on any atom is -0.497 e. The molecule has 2 aromatic rings. The molecular formula is C23H27ClN4O3. The van der Waals surface area contributed by atoms with Crippen molar-refractivity contribution in [2.75, 3.05) is 45.7 Å². The predicted molar refractivity (Wildman–Crippen MR) is 121 cm³/mol. The third kappa shape index (κ3) is 5.67. The number of nitrogens with one attached hydrogen (secondary N) is 1. The molecule has 8 heteroatoms. The Hall–Kier alpha value is -2.79. The largest absolute Gasteiger partial charge is 0.497 e. The van der Waals surface area contributed by atoms with Gasteiger partial charge in [-0.25, -0.2) is 0 Å². The standard InChI is InChI=1S/C23H27ClN4O3/c1-16(23(29)26-19-5-4-17(14-25)21(24)13-19)28-10-8-27(9-11-28)15-18-12-20(30-2)6-7-22(18)31-3/h4-7,12-13,16H,8-11,15H2,1-3H3,(H,26,29). The topological polar surface area (TPSA) is 77.8 Å². The van der Waals surface area contributed by atoms with Crippen LogP contribution in [0.25, 0.3) is 0 Å². The van der Waals surface area contributed by atoms with E-state index in [0.717, 1.165) is 49.8 Å². The summed E-state index contributed by atoms with van der Waals surface area (Å²) in [7, 11) is 3.33. The van der Waals surface area contributed by atoms with Crippen LogP contribution in [-0.4, -0.2) is 62.1 Å². The molecule has 1 atom stereocenters. The van der Waals surface area contributed by atoms with E-state index in [1.54, 1.807) is 32.4 Å². The molecule has 3 rings (SSSR count). The van der Waals surface area contributed by atoms with Crippen LogP contribution in [0.4, 0.5) is 5.69 Å². The highest BCUT2D eigenvalue weighted by Crippen LogP contribution is 2.26. The van der Waals surface area contributed by atoms with Gasteiger partial charge in [0.15, 0.2) is 0 Å². The molecule has 1 aliphatic rings. The van der Waals surface area contributed by atoms with Gasteiger partial charge in [0, 0.05) is 44.0 Å². The van der Waals surface area contributed by atoms with Crippen molar-refractivity contribution in [3.63, 3.8) is 0 Å². The molecule has 0 radical (unpaired) electrons.